The molecule has 0 bridgehead atoms. The van der Waals surface area contributed by atoms with Crippen molar-refractivity contribution in [2.45, 2.75) is 13.8 Å². The minimum absolute atomic E-state index is 0.184. The number of fused-ring (bicyclic) bond motifs is 1. The van der Waals surface area contributed by atoms with E-state index in [1.165, 1.54) is 4.74 Å². The predicted octanol–water partition coefficient (Wildman–Crippen LogP) is 4.19. The zero-order valence-electron chi connectivity index (χ0n) is 20.8. The van der Waals surface area contributed by atoms with E-state index in [2.05, 4.69) is 15.7 Å². The Labute approximate surface area is 212 Å². The van der Waals surface area contributed by atoms with Crippen molar-refractivity contribution in [3.63, 3.8) is 0 Å². The Kier molecular flexibility index (Phi) is 5.96. The molecule has 0 unspecified atom stereocenters. The molecule has 2 amide bonds. The van der Waals surface area contributed by atoms with Gasteiger partial charge in [-0.25, -0.2) is 4.52 Å². The number of nitrogens with one attached hydrogen (secondary N) is 2. The third-order valence-corrected chi connectivity index (χ3v) is 6.18. The van der Waals surface area contributed by atoms with Crippen LogP contribution in [-0.2, 0) is 7.05 Å². The van der Waals surface area contributed by atoms with Crippen LogP contribution in [0.5, 0.6) is 0 Å². The molecule has 3 heterocycles. The van der Waals surface area contributed by atoms with Crippen LogP contribution in [0.2, 0.25) is 0 Å². The Balaban J connectivity index is 1.48. The fourth-order valence-electron chi connectivity index (χ4n) is 4.39. The van der Waals surface area contributed by atoms with Crippen LogP contribution in [0, 0.1) is 13.8 Å². The highest BCUT2D eigenvalue weighted by Crippen LogP contribution is 2.28. The zero-order chi connectivity index (χ0) is 26.3. The van der Waals surface area contributed by atoms with Crippen LogP contribution in [0.15, 0.2) is 76.2 Å². The lowest BCUT2D eigenvalue weighted by atomic mass is 10.0. The van der Waals surface area contributed by atoms with Crippen molar-refractivity contribution in [2.24, 2.45) is 7.05 Å². The monoisotopic (exact) mass is 495 g/mol. The maximum Gasteiger partial charge on any atom is 0.290 e. The Morgan fingerprint density at radius 1 is 0.919 bits per heavy atom. The van der Waals surface area contributed by atoms with Gasteiger partial charge in [-0.05, 0) is 55.3 Å². The predicted molar refractivity (Wildman–Crippen MR) is 141 cm³/mol. The van der Waals surface area contributed by atoms with Crippen LogP contribution >= 0.6 is 0 Å². The Morgan fingerprint density at radius 2 is 1.65 bits per heavy atom. The molecule has 37 heavy (non-hydrogen) atoms. The summed E-state index contributed by atoms with van der Waals surface area (Å²) in [5, 5.41) is 10.0. The van der Waals surface area contributed by atoms with E-state index < -0.39 is 0 Å². The van der Waals surface area contributed by atoms with E-state index in [1.807, 2.05) is 43.5 Å². The topological polar surface area (TPSA) is 111 Å². The van der Waals surface area contributed by atoms with Gasteiger partial charge in [0, 0.05) is 37.1 Å². The molecule has 0 saturated heterocycles. The molecule has 0 atom stereocenters. The molecule has 0 spiro atoms. The smallest absolute Gasteiger partial charge is 0.290 e. The van der Waals surface area contributed by atoms with E-state index in [9.17, 15) is 14.4 Å². The maximum absolute atomic E-state index is 13.3. The molecular formula is C28H25N5O4. The van der Waals surface area contributed by atoms with Gasteiger partial charge in [0.1, 0.15) is 5.76 Å². The van der Waals surface area contributed by atoms with Gasteiger partial charge in [-0.2, -0.15) is 9.84 Å². The number of hydrogen-bond acceptors (Lipinski definition) is 5. The number of aromatic nitrogens is 3. The normalized spacial score (nSPS) is 11.0. The summed E-state index contributed by atoms with van der Waals surface area (Å²) in [7, 11) is 3.14. The Bertz CT molecular complexity index is 1720. The summed E-state index contributed by atoms with van der Waals surface area (Å²) in [4.78, 5) is 37.6. The lowest BCUT2D eigenvalue weighted by Crippen LogP contribution is -2.18. The van der Waals surface area contributed by atoms with Gasteiger partial charge in [0.2, 0.25) is 0 Å². The van der Waals surface area contributed by atoms with E-state index in [0.29, 0.717) is 39.3 Å². The number of carbonyl (C=O) groups excluding carboxylic acids is 2. The van der Waals surface area contributed by atoms with Crippen LogP contribution in [0.3, 0.4) is 0 Å². The van der Waals surface area contributed by atoms with Crippen molar-refractivity contribution in [1.29, 1.82) is 0 Å². The summed E-state index contributed by atoms with van der Waals surface area (Å²) in [5.41, 5.74) is 5.65. The minimum Gasteiger partial charge on any atom is -0.381 e. The first-order valence-electron chi connectivity index (χ1n) is 11.7. The first kappa shape index (κ1) is 23.8. The zero-order valence-corrected chi connectivity index (χ0v) is 20.8. The molecule has 0 saturated carbocycles. The van der Waals surface area contributed by atoms with E-state index in [1.54, 1.807) is 55.9 Å². The van der Waals surface area contributed by atoms with Gasteiger partial charge in [-0.15, -0.1) is 0 Å². The van der Waals surface area contributed by atoms with Crippen LogP contribution in [-0.4, -0.2) is 33.2 Å². The molecule has 0 radical (unpaired) electrons. The first-order valence-corrected chi connectivity index (χ1v) is 11.7. The van der Waals surface area contributed by atoms with Gasteiger partial charge in [0.25, 0.3) is 17.4 Å². The molecule has 9 heteroatoms. The molecule has 5 rings (SSSR count). The molecule has 2 N–H and O–H groups in total. The molecule has 9 nitrogen and oxygen atoms in total. The van der Waals surface area contributed by atoms with Crippen LogP contribution in [0.25, 0.3) is 27.8 Å². The van der Waals surface area contributed by atoms with E-state index in [-0.39, 0.29) is 17.4 Å². The number of aryl methyl sites for hydroxylation is 3. The first-order chi connectivity index (χ1) is 17.7. The molecule has 0 aliphatic heterocycles. The van der Waals surface area contributed by atoms with Gasteiger partial charge in [0.05, 0.1) is 22.3 Å². The van der Waals surface area contributed by atoms with Crippen molar-refractivity contribution in [2.75, 3.05) is 12.4 Å². The molecule has 186 valence electrons. The molecule has 3 aromatic heterocycles. The lowest BCUT2D eigenvalue weighted by Gasteiger charge is -2.09. The summed E-state index contributed by atoms with van der Waals surface area (Å²) in [5.74, 6) is 0.0191. The van der Waals surface area contributed by atoms with E-state index in [4.69, 9.17) is 4.52 Å². The third-order valence-electron chi connectivity index (χ3n) is 6.18. The summed E-state index contributed by atoms with van der Waals surface area (Å²) in [6.45, 7) is 3.59. The fourth-order valence-corrected chi connectivity index (χ4v) is 4.39. The minimum atomic E-state index is -0.309. The highest BCUT2D eigenvalue weighted by molar-refractivity contribution is 6.09. The van der Waals surface area contributed by atoms with Gasteiger partial charge in [-0.1, -0.05) is 30.3 Å². The quantitative estimate of drug-likeness (QED) is 0.380. The second kappa shape index (κ2) is 9.27. The highest BCUT2D eigenvalue weighted by Gasteiger charge is 2.17. The standard InChI is InChI=1S/C28H25N5O4/c1-16-12-23(27(35)30-22-7-5-6-20(13-22)26(34)29-3)24-14-21(15-33(24)31-16)18-8-10-19(11-9-18)25-17(2)37-32(4)28(25)36/h5-15H,1-4H3,(H,29,34)(H,30,35). The Hall–Kier alpha value is -4.92. The number of nitrogens with zero attached hydrogens (tertiary/aromatic N) is 3. The second-order valence-electron chi connectivity index (χ2n) is 8.77. The summed E-state index contributed by atoms with van der Waals surface area (Å²) in [6, 6.07) is 18.0. The largest absolute Gasteiger partial charge is 0.381 e. The van der Waals surface area contributed by atoms with Crippen LogP contribution in [0.1, 0.15) is 32.2 Å². The fraction of sp³-hybridized carbons (Fsp3) is 0.143. The third kappa shape index (κ3) is 4.42. The number of rotatable bonds is 5. The van der Waals surface area contributed by atoms with Crippen molar-refractivity contribution in [3.05, 3.63) is 99.8 Å². The highest BCUT2D eigenvalue weighted by atomic mass is 16.5. The van der Waals surface area contributed by atoms with Crippen LogP contribution in [0.4, 0.5) is 5.69 Å². The molecular weight excluding hydrogens is 470 g/mol. The molecule has 2 aromatic carbocycles. The average molecular weight is 496 g/mol. The van der Waals surface area contributed by atoms with E-state index in [0.717, 1.165) is 16.7 Å². The van der Waals surface area contributed by atoms with Gasteiger partial charge < -0.3 is 15.2 Å². The summed E-state index contributed by atoms with van der Waals surface area (Å²) >= 11 is 0. The van der Waals surface area contributed by atoms with Crippen molar-refractivity contribution in [1.82, 2.24) is 19.7 Å². The lowest BCUT2D eigenvalue weighted by molar-refractivity contribution is 0.0961. The van der Waals surface area contributed by atoms with Crippen molar-refractivity contribution in [3.8, 4) is 22.3 Å². The van der Waals surface area contributed by atoms with Crippen molar-refractivity contribution >= 4 is 23.0 Å². The number of anilines is 1. The summed E-state index contributed by atoms with van der Waals surface area (Å²) in [6.07, 6.45) is 1.86. The summed E-state index contributed by atoms with van der Waals surface area (Å²) < 4.78 is 8.30. The SMILES string of the molecule is CNC(=O)c1cccc(NC(=O)c2cc(C)nn3cc(-c4ccc(-c5c(C)on(C)c5=O)cc4)cc23)c1. The van der Waals surface area contributed by atoms with Gasteiger partial charge in [0.15, 0.2) is 0 Å². The number of carbonyl (C=O) groups is 2. The molecule has 0 fully saturated rings. The Morgan fingerprint density at radius 3 is 2.32 bits per heavy atom. The second-order valence-corrected chi connectivity index (χ2v) is 8.77. The number of benzene rings is 2. The molecule has 5 aromatic rings. The average Bonchev–Trinajstić information content (AvgIpc) is 3.42. The van der Waals surface area contributed by atoms with Gasteiger partial charge >= 0.3 is 0 Å². The van der Waals surface area contributed by atoms with Crippen molar-refractivity contribution < 1.29 is 14.1 Å². The molecule has 0 aliphatic rings. The number of amides is 2. The van der Waals surface area contributed by atoms with Gasteiger partial charge in [-0.3, -0.25) is 14.4 Å². The van der Waals surface area contributed by atoms with E-state index >= 15 is 0 Å². The maximum atomic E-state index is 13.3. The molecule has 0 aliphatic carbocycles. The number of hydrogen-bond donors (Lipinski definition) is 2. The van der Waals surface area contributed by atoms with Crippen LogP contribution < -0.4 is 16.2 Å².